The molecule has 2 aliphatic heterocycles. The van der Waals surface area contributed by atoms with Crippen LogP contribution in [0.25, 0.3) is 0 Å². The Balaban J connectivity index is 1.65. The van der Waals surface area contributed by atoms with Crippen LogP contribution in [-0.4, -0.2) is 67.5 Å². The lowest BCUT2D eigenvalue weighted by atomic mass is 10.1. The van der Waals surface area contributed by atoms with Gasteiger partial charge in [0.05, 0.1) is 29.7 Å². The smallest absolute Gasteiger partial charge is 0.326 e. The molecule has 0 spiro atoms. The van der Waals surface area contributed by atoms with E-state index in [4.69, 9.17) is 18.9 Å². The van der Waals surface area contributed by atoms with Crippen molar-refractivity contribution in [3.05, 3.63) is 82.4 Å². The Morgan fingerprint density at radius 2 is 1.55 bits per heavy atom. The second kappa shape index (κ2) is 11.6. The number of carbonyl (C=O) groups excluding carboxylic acids is 3. The molecule has 5 rings (SSSR count). The summed E-state index contributed by atoms with van der Waals surface area (Å²) in [5.74, 6) is -0.781. The Kier molecular flexibility index (Phi) is 8.17. The molecule has 0 aromatic heterocycles. The monoisotopic (exact) mass is 622 g/mol. The van der Waals surface area contributed by atoms with Crippen molar-refractivity contribution in [1.29, 1.82) is 0 Å². The molecule has 3 aromatic rings. The summed E-state index contributed by atoms with van der Waals surface area (Å²) in [6, 6.07) is 12.8. The molecule has 0 radical (unpaired) electrons. The van der Waals surface area contributed by atoms with E-state index in [1.54, 1.807) is 77.1 Å². The Morgan fingerprint density at radius 3 is 2.11 bits per heavy atom. The van der Waals surface area contributed by atoms with Crippen molar-refractivity contribution in [2.24, 2.45) is 0 Å². The van der Waals surface area contributed by atoms with Gasteiger partial charge in [-0.3, -0.25) is 19.3 Å². The molecular weight excluding hydrogens is 588 g/mol. The highest BCUT2D eigenvalue weighted by Crippen LogP contribution is 2.36. The molecule has 0 bridgehead atoms. The average Bonchev–Trinajstić information content (AvgIpc) is 3.51. The third kappa shape index (κ3) is 5.87. The van der Waals surface area contributed by atoms with Gasteiger partial charge in [0.15, 0.2) is 11.5 Å². The molecular formula is C32H34N2O9S. The number of hydrogen-bond acceptors (Lipinski definition) is 9. The highest BCUT2D eigenvalue weighted by Gasteiger charge is 2.45. The van der Waals surface area contributed by atoms with E-state index in [0.717, 1.165) is 9.21 Å². The van der Waals surface area contributed by atoms with Crippen molar-refractivity contribution < 1.29 is 41.7 Å². The van der Waals surface area contributed by atoms with E-state index < -0.39 is 46.0 Å². The zero-order chi connectivity index (χ0) is 32.0. The van der Waals surface area contributed by atoms with Gasteiger partial charge in [-0.15, -0.1) is 0 Å². The van der Waals surface area contributed by atoms with Gasteiger partial charge in [-0.05, 0) is 87.7 Å². The number of benzene rings is 3. The number of methoxy groups -OCH3 is 1. The third-order valence-electron chi connectivity index (χ3n) is 7.27. The number of aryl methyl sites for hydroxylation is 2. The quantitative estimate of drug-likeness (QED) is 0.254. The number of nitrogens with zero attached hydrogens (tertiary/aromatic N) is 2. The molecule has 0 saturated heterocycles. The topological polar surface area (TPSA) is 129 Å². The fourth-order valence-electron chi connectivity index (χ4n) is 5.37. The first-order valence-electron chi connectivity index (χ1n) is 13.9. The summed E-state index contributed by atoms with van der Waals surface area (Å²) in [5, 5.41) is 0. The van der Waals surface area contributed by atoms with Crippen molar-refractivity contribution in [3.63, 3.8) is 0 Å². The van der Waals surface area contributed by atoms with E-state index in [9.17, 15) is 22.8 Å². The SMILES string of the molecule is COc1cc(C)c(S(=O)(=O)N(Cc2ccc3c(c2)OCO3)[C@H](CN2C(=O)c3ccccc3C2=O)C(=O)OC(C)(C)C)c(C)c1. The summed E-state index contributed by atoms with van der Waals surface area (Å²) < 4.78 is 52.4. The largest absolute Gasteiger partial charge is 0.497 e. The van der Waals surface area contributed by atoms with Crippen molar-refractivity contribution in [2.45, 2.75) is 57.7 Å². The van der Waals surface area contributed by atoms with Crippen LogP contribution in [0.15, 0.2) is 59.5 Å². The normalized spacial score (nSPS) is 15.0. The fraction of sp³-hybridized carbons (Fsp3) is 0.344. The summed E-state index contributed by atoms with van der Waals surface area (Å²) in [7, 11) is -3.01. The van der Waals surface area contributed by atoms with Crippen LogP contribution in [-0.2, 0) is 26.1 Å². The van der Waals surface area contributed by atoms with Crippen LogP contribution in [0.3, 0.4) is 0 Å². The number of esters is 1. The first-order valence-corrected chi connectivity index (χ1v) is 15.4. The lowest BCUT2D eigenvalue weighted by molar-refractivity contribution is -0.160. The molecule has 0 fully saturated rings. The van der Waals surface area contributed by atoms with Gasteiger partial charge in [-0.25, -0.2) is 8.42 Å². The van der Waals surface area contributed by atoms with Gasteiger partial charge in [-0.2, -0.15) is 4.31 Å². The van der Waals surface area contributed by atoms with E-state index >= 15 is 0 Å². The van der Waals surface area contributed by atoms with Crippen LogP contribution < -0.4 is 14.2 Å². The highest BCUT2D eigenvalue weighted by atomic mass is 32.2. The number of imide groups is 1. The van der Waals surface area contributed by atoms with Crippen LogP contribution in [0.1, 0.15) is 58.2 Å². The number of ether oxygens (including phenoxy) is 4. The van der Waals surface area contributed by atoms with Gasteiger partial charge in [0.25, 0.3) is 11.8 Å². The molecule has 2 heterocycles. The molecule has 0 N–H and O–H groups in total. The van der Waals surface area contributed by atoms with Gasteiger partial charge < -0.3 is 18.9 Å². The Morgan fingerprint density at radius 1 is 0.955 bits per heavy atom. The molecule has 232 valence electrons. The second-order valence-corrected chi connectivity index (χ2v) is 13.5. The third-order valence-corrected chi connectivity index (χ3v) is 9.43. The van der Waals surface area contributed by atoms with E-state index in [0.29, 0.717) is 33.9 Å². The summed E-state index contributed by atoms with van der Waals surface area (Å²) in [5.41, 5.74) is 0.608. The van der Waals surface area contributed by atoms with Crippen LogP contribution in [0.5, 0.6) is 17.2 Å². The van der Waals surface area contributed by atoms with Crippen LogP contribution in [0.4, 0.5) is 0 Å². The molecule has 3 aromatic carbocycles. The Bertz CT molecular complexity index is 1700. The van der Waals surface area contributed by atoms with E-state index in [2.05, 4.69) is 0 Å². The Hall–Kier alpha value is -4.42. The van der Waals surface area contributed by atoms with Crippen molar-refractivity contribution >= 4 is 27.8 Å². The summed E-state index contributed by atoms with van der Waals surface area (Å²) in [4.78, 5) is 41.6. The van der Waals surface area contributed by atoms with Gasteiger partial charge in [0.1, 0.15) is 17.4 Å². The summed E-state index contributed by atoms with van der Waals surface area (Å²) >= 11 is 0. The van der Waals surface area contributed by atoms with E-state index in [-0.39, 0.29) is 29.4 Å². The lowest BCUT2D eigenvalue weighted by Gasteiger charge is -2.34. The van der Waals surface area contributed by atoms with Crippen molar-refractivity contribution in [2.75, 3.05) is 20.4 Å². The lowest BCUT2D eigenvalue weighted by Crippen LogP contribution is -2.53. The minimum Gasteiger partial charge on any atom is -0.497 e. The molecule has 0 aliphatic carbocycles. The van der Waals surface area contributed by atoms with Crippen molar-refractivity contribution in [1.82, 2.24) is 9.21 Å². The number of rotatable bonds is 9. The zero-order valence-electron chi connectivity index (χ0n) is 25.4. The average molecular weight is 623 g/mol. The maximum absolute atomic E-state index is 14.7. The summed E-state index contributed by atoms with van der Waals surface area (Å²) in [6.45, 7) is 7.36. The highest BCUT2D eigenvalue weighted by molar-refractivity contribution is 7.89. The number of sulfonamides is 1. The molecule has 1 atom stereocenters. The standard InChI is InChI=1S/C32H34N2O9S/c1-19-13-22(40-6)14-20(2)28(19)44(38,39)34(16-21-11-12-26-27(15-21)42-18-41-26)25(31(37)43-32(3,4)5)17-33-29(35)23-9-7-8-10-24(23)30(33)36/h7-15,25H,16-18H2,1-6H3/t25-/m1/s1. The molecule has 12 heteroatoms. The number of fused-ring (bicyclic) bond motifs is 2. The molecule has 0 unspecified atom stereocenters. The Labute approximate surface area is 256 Å². The number of hydrogen-bond donors (Lipinski definition) is 0. The van der Waals surface area contributed by atoms with Gasteiger partial charge in [-0.1, -0.05) is 18.2 Å². The van der Waals surface area contributed by atoms with Crippen LogP contribution in [0, 0.1) is 13.8 Å². The summed E-state index contributed by atoms with van der Waals surface area (Å²) in [6.07, 6.45) is 0. The van der Waals surface area contributed by atoms with Crippen molar-refractivity contribution in [3.8, 4) is 17.2 Å². The zero-order valence-corrected chi connectivity index (χ0v) is 26.2. The predicted molar refractivity (Wildman–Crippen MR) is 159 cm³/mol. The number of amides is 2. The maximum Gasteiger partial charge on any atom is 0.326 e. The first kappa shape index (κ1) is 31.0. The molecule has 0 saturated carbocycles. The minimum atomic E-state index is -4.49. The fourth-order valence-corrected chi connectivity index (χ4v) is 7.34. The van der Waals surface area contributed by atoms with Gasteiger partial charge in [0.2, 0.25) is 16.8 Å². The molecule has 2 amide bonds. The van der Waals surface area contributed by atoms with Crippen LogP contribution >= 0.6 is 0 Å². The maximum atomic E-state index is 14.7. The minimum absolute atomic E-state index is 0.0192. The van der Waals surface area contributed by atoms with Gasteiger partial charge >= 0.3 is 5.97 Å². The van der Waals surface area contributed by atoms with E-state index in [1.165, 1.54) is 19.2 Å². The predicted octanol–water partition coefficient (Wildman–Crippen LogP) is 4.24. The number of carbonyl (C=O) groups is 3. The molecule has 2 aliphatic rings. The van der Waals surface area contributed by atoms with Gasteiger partial charge in [0, 0.05) is 6.54 Å². The molecule has 44 heavy (non-hydrogen) atoms. The van der Waals surface area contributed by atoms with E-state index in [1.807, 2.05) is 0 Å². The van der Waals surface area contributed by atoms with Crippen LogP contribution in [0.2, 0.25) is 0 Å². The molecule has 11 nitrogen and oxygen atoms in total. The second-order valence-electron chi connectivity index (χ2n) is 11.6. The first-order chi connectivity index (χ1) is 20.7.